The van der Waals surface area contributed by atoms with E-state index in [4.69, 9.17) is 10.1 Å². The van der Waals surface area contributed by atoms with E-state index in [1.54, 1.807) is 16.7 Å². The topological polar surface area (TPSA) is 93.6 Å². The molecule has 1 aliphatic heterocycles. The third-order valence-corrected chi connectivity index (χ3v) is 8.14. The van der Waals surface area contributed by atoms with Gasteiger partial charge in [0, 0.05) is 23.5 Å². The third kappa shape index (κ3) is 5.27. The molecular weight excluding hydrogens is 543 g/mol. The van der Waals surface area contributed by atoms with Gasteiger partial charge in [-0.1, -0.05) is 67.9 Å². The van der Waals surface area contributed by atoms with Crippen molar-refractivity contribution in [3.05, 3.63) is 123 Å². The summed E-state index contributed by atoms with van der Waals surface area (Å²) >= 11 is 0. The second-order valence-corrected chi connectivity index (χ2v) is 11.3. The average molecular weight is 575 g/mol. The summed E-state index contributed by atoms with van der Waals surface area (Å²) in [5, 5.41) is 9.24. The summed E-state index contributed by atoms with van der Waals surface area (Å²) in [6.45, 7) is 2.35. The molecular formula is C34H31FN6O2. The van der Waals surface area contributed by atoms with Crippen molar-refractivity contribution in [1.29, 1.82) is 0 Å². The van der Waals surface area contributed by atoms with Crippen LogP contribution in [0.25, 0.3) is 16.9 Å². The van der Waals surface area contributed by atoms with Crippen LogP contribution in [0.2, 0.25) is 0 Å². The number of amides is 1. The maximum absolute atomic E-state index is 14.4. The quantitative estimate of drug-likeness (QED) is 0.256. The molecule has 0 unspecified atom stereocenters. The highest BCUT2D eigenvalue weighted by atomic mass is 19.1. The zero-order valence-electron chi connectivity index (χ0n) is 23.9. The highest BCUT2D eigenvalue weighted by molar-refractivity contribution is 6.16. The predicted molar refractivity (Wildman–Crippen MR) is 163 cm³/mol. The van der Waals surface area contributed by atoms with Gasteiger partial charge in [0.15, 0.2) is 5.82 Å². The smallest absolute Gasteiger partial charge is 0.259 e. The molecule has 3 aromatic carbocycles. The largest absolute Gasteiger partial charge is 0.273 e. The lowest BCUT2D eigenvalue weighted by Crippen LogP contribution is -2.30. The van der Waals surface area contributed by atoms with Crippen LogP contribution >= 0.6 is 0 Å². The summed E-state index contributed by atoms with van der Waals surface area (Å²) in [6.07, 6.45) is 4.18. The molecule has 1 N–H and O–H groups in total. The molecule has 1 amide bonds. The van der Waals surface area contributed by atoms with Crippen LogP contribution in [0.4, 0.5) is 4.39 Å². The number of carbonyl (C=O) groups is 1. The van der Waals surface area contributed by atoms with Gasteiger partial charge in [0.1, 0.15) is 5.82 Å². The number of nitrogens with one attached hydrogen (secondary N) is 1. The van der Waals surface area contributed by atoms with Gasteiger partial charge in [0.05, 0.1) is 24.4 Å². The molecule has 3 heterocycles. The minimum atomic E-state index is -0.322. The normalized spacial score (nSPS) is 14.7. The Morgan fingerprint density at radius 1 is 0.953 bits per heavy atom. The number of aromatic nitrogens is 4. The third-order valence-electron chi connectivity index (χ3n) is 8.14. The molecule has 0 spiro atoms. The zero-order chi connectivity index (χ0) is 29.5. The molecule has 2 aromatic heterocycles. The summed E-state index contributed by atoms with van der Waals surface area (Å²) in [5.74, 6) is 1.15. The zero-order valence-corrected chi connectivity index (χ0v) is 23.9. The van der Waals surface area contributed by atoms with Crippen molar-refractivity contribution in [2.75, 3.05) is 0 Å². The van der Waals surface area contributed by atoms with Crippen LogP contribution in [0.1, 0.15) is 72.3 Å². The first-order chi connectivity index (χ1) is 21.0. The number of aryl methyl sites for hydroxylation is 1. The highest BCUT2D eigenvalue weighted by Gasteiger charge is 2.30. The van der Waals surface area contributed by atoms with Crippen LogP contribution < -0.4 is 11.0 Å². The minimum absolute atomic E-state index is 0.126. The number of benzene rings is 3. The van der Waals surface area contributed by atoms with Crippen molar-refractivity contribution in [2.24, 2.45) is 5.10 Å². The number of fused-ring (bicyclic) bond motifs is 1. The Morgan fingerprint density at radius 3 is 2.42 bits per heavy atom. The molecule has 0 atom stereocenters. The maximum Gasteiger partial charge on any atom is 0.259 e. The van der Waals surface area contributed by atoms with Crippen molar-refractivity contribution in [3.8, 4) is 11.1 Å². The van der Waals surface area contributed by atoms with Crippen LogP contribution in [0.15, 0.2) is 82.7 Å². The van der Waals surface area contributed by atoms with E-state index in [0.29, 0.717) is 35.8 Å². The molecule has 0 bridgehead atoms. The van der Waals surface area contributed by atoms with Crippen molar-refractivity contribution < 1.29 is 9.18 Å². The molecule has 216 valence electrons. The highest BCUT2D eigenvalue weighted by Crippen LogP contribution is 2.38. The Morgan fingerprint density at radius 2 is 1.72 bits per heavy atom. The van der Waals surface area contributed by atoms with E-state index in [2.05, 4.69) is 17.5 Å². The number of nitrogens with zero attached hydrogens (tertiary/aromatic N) is 5. The van der Waals surface area contributed by atoms with Gasteiger partial charge in [0.2, 0.25) is 11.7 Å². The molecule has 2 aliphatic rings. The number of hydrogen-bond acceptors (Lipinski definition) is 5. The van der Waals surface area contributed by atoms with E-state index in [-0.39, 0.29) is 30.2 Å². The van der Waals surface area contributed by atoms with Gasteiger partial charge in [-0.3, -0.25) is 14.2 Å². The fourth-order valence-corrected chi connectivity index (χ4v) is 5.81. The number of halogens is 1. The van der Waals surface area contributed by atoms with Crippen molar-refractivity contribution in [2.45, 2.75) is 57.9 Å². The van der Waals surface area contributed by atoms with Crippen LogP contribution in [0, 0.1) is 5.82 Å². The van der Waals surface area contributed by atoms with E-state index >= 15 is 0 Å². The fourth-order valence-electron chi connectivity index (χ4n) is 5.81. The van der Waals surface area contributed by atoms with Crippen LogP contribution in [-0.2, 0) is 24.2 Å². The SMILES string of the molecule is CCCc1c(Cc2ccc(-c3ccccc3)c(C3=NNC(=O)C3)c2)c(=O)n(Cc2ccc(F)cc2)c2nc(C3CC3)nn12. The standard InChI is InChI=1S/C34H31FN6O2/c1-2-6-30-28(18-22-11-16-26(23-7-4-3-5-8-23)27(17-22)29-19-31(42)38-37-29)33(43)40(20-21-9-14-25(35)15-10-21)34-36-32(24-12-13-24)39-41(30)34/h3-5,7-11,14-17,24H,2,6,12-13,18-20H2,1H3,(H,38,42). The molecule has 7 rings (SSSR count). The summed E-state index contributed by atoms with van der Waals surface area (Å²) in [4.78, 5) is 31.3. The lowest BCUT2D eigenvalue weighted by atomic mass is 9.91. The van der Waals surface area contributed by atoms with Crippen LogP contribution in [-0.4, -0.2) is 30.8 Å². The summed E-state index contributed by atoms with van der Waals surface area (Å²) < 4.78 is 17.2. The Hall–Kier alpha value is -4.92. The Kier molecular flexibility index (Phi) is 6.93. The minimum Gasteiger partial charge on any atom is -0.273 e. The van der Waals surface area contributed by atoms with E-state index in [1.165, 1.54) is 12.1 Å². The molecule has 1 saturated carbocycles. The Labute approximate surface area is 247 Å². The average Bonchev–Trinajstić information content (AvgIpc) is 3.64. The maximum atomic E-state index is 14.4. The Balaban J connectivity index is 1.37. The molecule has 43 heavy (non-hydrogen) atoms. The molecule has 8 nitrogen and oxygen atoms in total. The molecule has 5 aromatic rings. The van der Waals surface area contributed by atoms with Gasteiger partial charge < -0.3 is 0 Å². The fraction of sp³-hybridized carbons (Fsp3) is 0.265. The van der Waals surface area contributed by atoms with Gasteiger partial charge in [-0.15, -0.1) is 5.10 Å². The summed E-state index contributed by atoms with van der Waals surface area (Å²) in [6, 6.07) is 22.3. The van der Waals surface area contributed by atoms with Gasteiger partial charge in [-0.2, -0.15) is 10.1 Å². The number of hydrogen-bond donors (Lipinski definition) is 1. The first kappa shape index (κ1) is 26.9. The monoisotopic (exact) mass is 574 g/mol. The van der Waals surface area contributed by atoms with E-state index in [1.807, 2.05) is 53.0 Å². The lowest BCUT2D eigenvalue weighted by Gasteiger charge is -2.17. The van der Waals surface area contributed by atoms with Crippen molar-refractivity contribution >= 4 is 17.4 Å². The number of rotatable bonds is 9. The van der Waals surface area contributed by atoms with E-state index < -0.39 is 0 Å². The number of carbonyl (C=O) groups excluding carboxylic acids is 1. The molecule has 1 fully saturated rings. The van der Waals surface area contributed by atoms with Crippen molar-refractivity contribution in [3.63, 3.8) is 0 Å². The van der Waals surface area contributed by atoms with E-state index in [9.17, 15) is 14.0 Å². The molecule has 0 radical (unpaired) electrons. The summed E-state index contributed by atoms with van der Waals surface area (Å²) in [7, 11) is 0. The van der Waals surface area contributed by atoms with Crippen LogP contribution in [0.5, 0.6) is 0 Å². The summed E-state index contributed by atoms with van der Waals surface area (Å²) in [5.41, 5.74) is 9.25. The number of hydrazone groups is 1. The molecule has 1 aliphatic carbocycles. The first-order valence-corrected chi connectivity index (χ1v) is 14.8. The van der Waals surface area contributed by atoms with E-state index in [0.717, 1.165) is 58.6 Å². The second-order valence-electron chi connectivity index (χ2n) is 11.3. The second kappa shape index (κ2) is 11.1. The van der Waals surface area contributed by atoms with Gasteiger partial charge in [-0.05, 0) is 59.7 Å². The molecule has 9 heteroatoms. The van der Waals surface area contributed by atoms with Gasteiger partial charge in [-0.25, -0.2) is 14.3 Å². The van der Waals surface area contributed by atoms with Gasteiger partial charge >= 0.3 is 0 Å². The lowest BCUT2D eigenvalue weighted by molar-refractivity contribution is -0.119. The van der Waals surface area contributed by atoms with Crippen molar-refractivity contribution in [1.82, 2.24) is 24.6 Å². The predicted octanol–water partition coefficient (Wildman–Crippen LogP) is 5.39. The Bertz CT molecular complexity index is 1940. The van der Waals surface area contributed by atoms with Gasteiger partial charge in [0.25, 0.3) is 5.56 Å². The molecule has 0 saturated heterocycles. The first-order valence-electron chi connectivity index (χ1n) is 14.8. The van der Waals surface area contributed by atoms with Crippen LogP contribution in [0.3, 0.4) is 0 Å².